The summed E-state index contributed by atoms with van der Waals surface area (Å²) in [6, 6.07) is 50.2. The summed E-state index contributed by atoms with van der Waals surface area (Å²) < 4.78 is 0. The lowest BCUT2D eigenvalue weighted by molar-refractivity contribution is 1.18. The summed E-state index contributed by atoms with van der Waals surface area (Å²) >= 11 is 0. The van der Waals surface area contributed by atoms with E-state index < -0.39 is 0 Å². The first-order chi connectivity index (χ1) is 24.6. The molecule has 5 heteroatoms. The maximum absolute atomic E-state index is 5.18. The van der Waals surface area contributed by atoms with E-state index in [-0.39, 0.29) is 0 Å². The maximum Gasteiger partial charge on any atom is 0.160 e. The largest absolute Gasteiger partial charge is 0.256 e. The molecule has 0 atom stereocenters. The van der Waals surface area contributed by atoms with E-state index in [0.717, 1.165) is 88.9 Å². The highest BCUT2D eigenvalue weighted by Gasteiger charge is 2.14. The van der Waals surface area contributed by atoms with Crippen molar-refractivity contribution in [3.63, 3.8) is 0 Å². The summed E-state index contributed by atoms with van der Waals surface area (Å²) in [5.74, 6) is 0.652. The molecule has 5 aromatic carbocycles. The average Bonchev–Trinajstić information content (AvgIpc) is 3.17. The van der Waals surface area contributed by atoms with Crippen LogP contribution in [0.15, 0.2) is 152 Å². The molecule has 0 aliphatic carbocycles. The molecule has 4 heterocycles. The summed E-state index contributed by atoms with van der Waals surface area (Å²) in [4.78, 5) is 25.1. The molecule has 50 heavy (non-hydrogen) atoms. The number of aryl methyl sites for hydroxylation is 2. The first-order valence-corrected chi connectivity index (χ1v) is 16.7. The van der Waals surface area contributed by atoms with Gasteiger partial charge >= 0.3 is 0 Å². The summed E-state index contributed by atoms with van der Waals surface area (Å²) in [6.45, 7) is 4.17. The number of pyridine rings is 3. The van der Waals surface area contributed by atoms with Gasteiger partial charge in [-0.2, -0.15) is 0 Å². The lowest BCUT2D eigenvalue weighted by Crippen LogP contribution is -1.97. The van der Waals surface area contributed by atoms with Crippen LogP contribution < -0.4 is 0 Å². The summed E-state index contributed by atoms with van der Waals surface area (Å²) in [5.41, 5.74) is 13.7. The minimum absolute atomic E-state index is 0.652. The van der Waals surface area contributed by atoms with E-state index in [1.165, 1.54) is 5.56 Å². The van der Waals surface area contributed by atoms with Crippen molar-refractivity contribution in [3.8, 4) is 56.3 Å². The fraction of sp³-hybridized carbons (Fsp3) is 0.0444. The van der Waals surface area contributed by atoms with Crippen LogP contribution in [-0.4, -0.2) is 24.9 Å². The minimum Gasteiger partial charge on any atom is -0.256 e. The molecule has 0 aliphatic heterocycles. The lowest BCUT2D eigenvalue weighted by atomic mass is 9.98. The number of benzene rings is 5. The summed E-state index contributed by atoms with van der Waals surface area (Å²) in [5, 5.41) is 3.31. The molecule has 0 saturated carbocycles. The molecule has 0 fully saturated rings. The average molecular weight is 642 g/mol. The topological polar surface area (TPSA) is 64.5 Å². The van der Waals surface area contributed by atoms with Gasteiger partial charge in [0.05, 0.1) is 33.6 Å². The Hall–Kier alpha value is -6.59. The van der Waals surface area contributed by atoms with Crippen molar-refractivity contribution >= 4 is 32.7 Å². The Morgan fingerprint density at radius 1 is 0.400 bits per heavy atom. The van der Waals surface area contributed by atoms with Crippen molar-refractivity contribution in [3.05, 3.63) is 163 Å². The van der Waals surface area contributed by atoms with Gasteiger partial charge in [0.15, 0.2) is 5.82 Å². The van der Waals surface area contributed by atoms with E-state index in [0.29, 0.717) is 5.82 Å². The quantitative estimate of drug-likeness (QED) is 0.175. The van der Waals surface area contributed by atoms with Crippen molar-refractivity contribution in [2.24, 2.45) is 0 Å². The van der Waals surface area contributed by atoms with Gasteiger partial charge in [-0.25, -0.2) is 15.0 Å². The molecule has 0 unspecified atom stereocenters. The van der Waals surface area contributed by atoms with E-state index in [1.54, 1.807) is 0 Å². The lowest BCUT2D eigenvalue weighted by Gasteiger charge is -2.12. The van der Waals surface area contributed by atoms with E-state index >= 15 is 0 Å². The molecule has 0 amide bonds. The minimum atomic E-state index is 0.652. The fourth-order valence-electron chi connectivity index (χ4n) is 6.85. The maximum atomic E-state index is 5.18. The summed E-state index contributed by atoms with van der Waals surface area (Å²) in [6.07, 6.45) is 1.85. The molecule has 0 N–H and O–H groups in total. The van der Waals surface area contributed by atoms with E-state index in [4.69, 9.17) is 24.9 Å². The Morgan fingerprint density at radius 3 is 1.92 bits per heavy atom. The molecule has 0 radical (unpaired) electrons. The van der Waals surface area contributed by atoms with Gasteiger partial charge in [-0.15, -0.1) is 0 Å². The van der Waals surface area contributed by atoms with Gasteiger partial charge in [-0.1, -0.05) is 109 Å². The number of aromatic nitrogens is 5. The Balaban J connectivity index is 1.17. The van der Waals surface area contributed by atoms with Gasteiger partial charge in [-0.3, -0.25) is 9.97 Å². The Labute approximate surface area is 290 Å². The molecule has 0 bridgehead atoms. The third-order valence-electron chi connectivity index (χ3n) is 9.29. The van der Waals surface area contributed by atoms with E-state index in [9.17, 15) is 0 Å². The molecule has 9 aromatic rings. The number of nitrogens with zero attached hydrogens (tertiary/aromatic N) is 5. The van der Waals surface area contributed by atoms with Crippen LogP contribution in [0.3, 0.4) is 0 Å². The van der Waals surface area contributed by atoms with Crippen molar-refractivity contribution in [2.75, 3.05) is 0 Å². The third kappa shape index (κ3) is 5.35. The third-order valence-corrected chi connectivity index (χ3v) is 9.29. The van der Waals surface area contributed by atoms with E-state index in [1.807, 2.05) is 37.4 Å². The predicted molar refractivity (Wildman–Crippen MR) is 205 cm³/mol. The number of para-hydroxylation sites is 1. The van der Waals surface area contributed by atoms with Crippen LogP contribution in [0.25, 0.3) is 89.0 Å². The molecule has 9 rings (SSSR count). The number of rotatable bonds is 5. The van der Waals surface area contributed by atoms with Crippen LogP contribution in [0.2, 0.25) is 0 Å². The zero-order valence-corrected chi connectivity index (χ0v) is 27.7. The normalized spacial score (nSPS) is 11.4. The van der Waals surface area contributed by atoms with Gasteiger partial charge in [0.2, 0.25) is 0 Å². The molecular weight excluding hydrogens is 611 g/mol. The number of hydrogen-bond donors (Lipinski definition) is 0. The number of hydrogen-bond acceptors (Lipinski definition) is 5. The van der Waals surface area contributed by atoms with Crippen LogP contribution in [0.1, 0.15) is 11.3 Å². The molecule has 5 nitrogen and oxygen atoms in total. The van der Waals surface area contributed by atoms with Gasteiger partial charge in [0.25, 0.3) is 0 Å². The Kier molecular flexibility index (Phi) is 7.17. The van der Waals surface area contributed by atoms with Crippen LogP contribution in [0.5, 0.6) is 0 Å². The van der Waals surface area contributed by atoms with Gasteiger partial charge in [0, 0.05) is 55.9 Å². The molecule has 236 valence electrons. The van der Waals surface area contributed by atoms with Gasteiger partial charge in [0.1, 0.15) is 0 Å². The highest BCUT2D eigenvalue weighted by atomic mass is 14.9. The smallest absolute Gasteiger partial charge is 0.160 e. The molecular formula is C45H31N5. The zero-order chi connectivity index (χ0) is 33.6. The molecule has 0 saturated heterocycles. The second kappa shape index (κ2) is 12.1. The van der Waals surface area contributed by atoms with Crippen LogP contribution in [-0.2, 0) is 0 Å². The van der Waals surface area contributed by atoms with Crippen molar-refractivity contribution in [2.45, 2.75) is 13.8 Å². The van der Waals surface area contributed by atoms with Gasteiger partial charge < -0.3 is 0 Å². The Bertz CT molecular complexity index is 2730. The molecule has 0 spiro atoms. The first kappa shape index (κ1) is 29.5. The van der Waals surface area contributed by atoms with Crippen molar-refractivity contribution in [1.82, 2.24) is 24.9 Å². The van der Waals surface area contributed by atoms with Crippen LogP contribution in [0.4, 0.5) is 0 Å². The Morgan fingerprint density at radius 2 is 1.06 bits per heavy atom. The molecule has 4 aromatic heterocycles. The predicted octanol–water partition coefficient (Wildman–Crippen LogP) is 11.1. The molecule has 0 aliphatic rings. The first-order valence-electron chi connectivity index (χ1n) is 16.7. The second-order valence-electron chi connectivity index (χ2n) is 12.7. The van der Waals surface area contributed by atoms with Crippen LogP contribution >= 0.6 is 0 Å². The van der Waals surface area contributed by atoms with Crippen molar-refractivity contribution < 1.29 is 0 Å². The monoisotopic (exact) mass is 641 g/mol. The zero-order valence-electron chi connectivity index (χ0n) is 27.7. The van der Waals surface area contributed by atoms with E-state index in [2.05, 4.69) is 128 Å². The van der Waals surface area contributed by atoms with Crippen LogP contribution in [0, 0.1) is 13.8 Å². The fourth-order valence-corrected chi connectivity index (χ4v) is 6.85. The SMILES string of the molecule is Cc1cc(C)c2ccc3ccc(-c4cccc(-c5nc(-c6ccccc6)cc(-c6cccc(-c7cccc8cccnc78)c6)n5)c4)nc3c2n1. The standard InChI is InChI=1S/C45H31N5/c1-28-24-29(2)47-44-37(28)21-19-32-20-22-39(48-43(32)44)34-14-7-16-36(26-34)45-49-40(30-10-4-3-5-11-30)27-41(50-45)35-15-6-13-33(25-35)38-18-8-12-31-17-9-23-46-42(31)38/h3-27H,1-2H3. The number of fused-ring (bicyclic) bond motifs is 4. The highest BCUT2D eigenvalue weighted by molar-refractivity contribution is 6.04. The van der Waals surface area contributed by atoms with Crippen molar-refractivity contribution in [1.29, 1.82) is 0 Å². The summed E-state index contributed by atoms with van der Waals surface area (Å²) in [7, 11) is 0. The van der Waals surface area contributed by atoms with Gasteiger partial charge in [-0.05, 0) is 61.4 Å². The highest BCUT2D eigenvalue weighted by Crippen LogP contribution is 2.34. The second-order valence-corrected chi connectivity index (χ2v) is 12.7.